The molecule has 1 atom stereocenters. The minimum absolute atomic E-state index is 0. The maximum atomic E-state index is 10.9. The molecule has 0 fully saturated rings. The van der Waals surface area contributed by atoms with E-state index in [0.29, 0.717) is 12.8 Å². The van der Waals surface area contributed by atoms with E-state index in [1.807, 2.05) is 0 Å². The third kappa shape index (κ3) is 13.9. The van der Waals surface area contributed by atoms with Crippen molar-refractivity contribution >= 4 is 10.1 Å². The largest absolute Gasteiger partial charge is 1.00 e. The van der Waals surface area contributed by atoms with Crippen molar-refractivity contribution in [2.45, 2.75) is 96.1 Å². The maximum absolute atomic E-state index is 10.9. The fourth-order valence-electron chi connectivity index (χ4n) is 2.41. The number of unbranched alkanes of at least 4 members (excludes halogenated alkanes) is 9. The Kier molecular flexibility index (Phi) is 17.2. The van der Waals surface area contributed by atoms with E-state index in [0.717, 1.165) is 12.8 Å². The standard InChI is InChI=1S/C15H32O3S.Na/c1-3-5-6-7-8-9-10-11-12-13-14-15(4-2)19(16,17)18;/h15H,3-14H2,1-2H3,(H,16,17,18);/q;+1/p-1. The molecule has 0 heterocycles. The normalized spacial score (nSPS) is 12.9. The summed E-state index contributed by atoms with van der Waals surface area (Å²) in [5.74, 6) is 0. The Labute approximate surface area is 148 Å². The predicted molar refractivity (Wildman–Crippen MR) is 80.2 cm³/mol. The van der Waals surface area contributed by atoms with Crippen LogP contribution >= 0.6 is 0 Å². The van der Waals surface area contributed by atoms with Crippen LogP contribution in [0.3, 0.4) is 0 Å². The van der Waals surface area contributed by atoms with E-state index in [9.17, 15) is 13.0 Å². The average Bonchev–Trinajstić information content (AvgIpc) is 2.34. The minimum atomic E-state index is -4.08. The Bertz CT molecular complexity index is 291. The Hall–Kier alpha value is 0.910. The average molecular weight is 314 g/mol. The summed E-state index contributed by atoms with van der Waals surface area (Å²) in [5.41, 5.74) is 0. The van der Waals surface area contributed by atoms with Crippen molar-refractivity contribution in [3.63, 3.8) is 0 Å². The fraction of sp³-hybridized carbons (Fsp3) is 1.00. The van der Waals surface area contributed by atoms with Gasteiger partial charge in [-0.25, -0.2) is 8.42 Å². The molecule has 0 rings (SSSR count). The van der Waals surface area contributed by atoms with Crippen molar-refractivity contribution in [1.29, 1.82) is 0 Å². The van der Waals surface area contributed by atoms with Crippen molar-refractivity contribution < 1.29 is 42.5 Å². The molecule has 0 radical (unpaired) electrons. The second-order valence-corrected chi connectivity index (χ2v) is 7.15. The minimum Gasteiger partial charge on any atom is -0.748 e. The molecule has 0 aliphatic rings. The molecule has 5 heteroatoms. The van der Waals surface area contributed by atoms with Crippen molar-refractivity contribution in [3.05, 3.63) is 0 Å². The van der Waals surface area contributed by atoms with Gasteiger partial charge in [0.1, 0.15) is 0 Å². The van der Waals surface area contributed by atoms with E-state index >= 15 is 0 Å². The molecule has 0 aromatic heterocycles. The van der Waals surface area contributed by atoms with Crippen molar-refractivity contribution in [3.8, 4) is 0 Å². The Morgan fingerprint density at radius 1 is 0.800 bits per heavy atom. The molecule has 0 aromatic rings. The van der Waals surface area contributed by atoms with Gasteiger partial charge in [0.15, 0.2) is 0 Å². The van der Waals surface area contributed by atoms with Crippen LogP contribution in [0.2, 0.25) is 0 Å². The smallest absolute Gasteiger partial charge is 0.748 e. The summed E-state index contributed by atoms with van der Waals surface area (Å²) in [6.45, 7) is 4.00. The summed E-state index contributed by atoms with van der Waals surface area (Å²) < 4.78 is 32.7. The number of rotatable bonds is 13. The van der Waals surface area contributed by atoms with E-state index < -0.39 is 15.4 Å². The van der Waals surface area contributed by atoms with Gasteiger partial charge in [0.2, 0.25) is 0 Å². The van der Waals surface area contributed by atoms with Crippen molar-refractivity contribution in [2.24, 2.45) is 0 Å². The second-order valence-electron chi connectivity index (χ2n) is 5.49. The van der Waals surface area contributed by atoms with Crippen LogP contribution in [0.1, 0.15) is 90.9 Å². The number of hydrogen-bond acceptors (Lipinski definition) is 3. The first-order valence-corrected chi connectivity index (χ1v) is 9.44. The molecular weight excluding hydrogens is 283 g/mol. The summed E-state index contributed by atoms with van der Waals surface area (Å²) >= 11 is 0. The molecule has 0 bridgehead atoms. The summed E-state index contributed by atoms with van der Waals surface area (Å²) in [6.07, 6.45) is 13.3. The topological polar surface area (TPSA) is 57.2 Å². The summed E-state index contributed by atoms with van der Waals surface area (Å²) in [4.78, 5) is 0. The van der Waals surface area contributed by atoms with Crippen molar-refractivity contribution in [1.82, 2.24) is 0 Å². The van der Waals surface area contributed by atoms with E-state index in [2.05, 4.69) is 6.92 Å². The van der Waals surface area contributed by atoms with Crippen LogP contribution in [-0.4, -0.2) is 18.2 Å². The summed E-state index contributed by atoms with van der Waals surface area (Å²) in [6, 6.07) is 0. The van der Waals surface area contributed by atoms with Gasteiger partial charge in [-0.15, -0.1) is 0 Å². The molecule has 0 aliphatic carbocycles. The van der Waals surface area contributed by atoms with Crippen molar-refractivity contribution in [2.75, 3.05) is 0 Å². The molecule has 20 heavy (non-hydrogen) atoms. The van der Waals surface area contributed by atoms with E-state index in [4.69, 9.17) is 0 Å². The van der Waals surface area contributed by atoms with Gasteiger partial charge in [0, 0.05) is 5.25 Å². The molecule has 0 spiro atoms. The fourth-order valence-corrected chi connectivity index (χ4v) is 3.28. The Balaban J connectivity index is 0. The summed E-state index contributed by atoms with van der Waals surface area (Å²) in [7, 11) is -4.08. The molecule has 3 nitrogen and oxygen atoms in total. The van der Waals surface area contributed by atoms with Gasteiger partial charge in [-0.1, -0.05) is 78.1 Å². The second kappa shape index (κ2) is 14.8. The predicted octanol–water partition coefficient (Wildman–Crippen LogP) is 1.63. The maximum Gasteiger partial charge on any atom is 1.00 e. The van der Waals surface area contributed by atoms with Gasteiger partial charge in [-0.3, -0.25) is 0 Å². The third-order valence-electron chi connectivity index (χ3n) is 3.74. The first-order valence-electron chi connectivity index (χ1n) is 7.97. The van der Waals surface area contributed by atoms with Gasteiger partial charge in [0.25, 0.3) is 0 Å². The van der Waals surface area contributed by atoms with Gasteiger partial charge in [-0.05, 0) is 12.8 Å². The molecule has 116 valence electrons. The van der Waals surface area contributed by atoms with Crippen LogP contribution in [0.5, 0.6) is 0 Å². The Morgan fingerprint density at radius 3 is 1.55 bits per heavy atom. The molecule has 0 aliphatic heterocycles. The molecular formula is C15H31NaO3S. The SMILES string of the molecule is CCCCCCCCCCCCC(CC)S(=O)(=O)[O-].[Na+]. The van der Waals surface area contributed by atoms with Crippen LogP contribution in [0, 0.1) is 0 Å². The van der Waals surface area contributed by atoms with Crippen LogP contribution in [0.4, 0.5) is 0 Å². The van der Waals surface area contributed by atoms with E-state index in [1.54, 1.807) is 6.92 Å². The zero-order valence-corrected chi connectivity index (χ0v) is 16.5. The molecule has 0 saturated heterocycles. The van der Waals surface area contributed by atoms with Crippen LogP contribution in [0.15, 0.2) is 0 Å². The van der Waals surface area contributed by atoms with Gasteiger partial charge in [0.05, 0.1) is 10.1 Å². The van der Waals surface area contributed by atoms with Crippen LogP contribution in [0.25, 0.3) is 0 Å². The Morgan fingerprint density at radius 2 is 1.20 bits per heavy atom. The zero-order chi connectivity index (χ0) is 14.6. The van der Waals surface area contributed by atoms with Gasteiger partial charge in [-0.2, -0.15) is 0 Å². The van der Waals surface area contributed by atoms with Crippen LogP contribution < -0.4 is 29.6 Å². The molecule has 0 saturated carbocycles. The van der Waals surface area contributed by atoms with Crippen LogP contribution in [-0.2, 0) is 10.1 Å². The first kappa shape index (κ1) is 23.2. The third-order valence-corrected chi connectivity index (χ3v) is 5.13. The summed E-state index contributed by atoms with van der Waals surface area (Å²) in [5, 5.41) is -0.665. The van der Waals surface area contributed by atoms with Gasteiger partial charge < -0.3 is 4.55 Å². The van der Waals surface area contributed by atoms with E-state index in [-0.39, 0.29) is 29.6 Å². The zero-order valence-electron chi connectivity index (χ0n) is 13.7. The molecule has 0 amide bonds. The molecule has 0 N–H and O–H groups in total. The monoisotopic (exact) mass is 314 g/mol. The van der Waals surface area contributed by atoms with E-state index in [1.165, 1.54) is 51.4 Å². The molecule has 1 unspecified atom stereocenters. The first-order chi connectivity index (χ1) is 9.02. The number of hydrogen-bond donors (Lipinski definition) is 0. The van der Waals surface area contributed by atoms with Gasteiger partial charge >= 0.3 is 29.6 Å². The molecule has 0 aromatic carbocycles. The quantitative estimate of drug-likeness (QED) is 0.295.